The van der Waals surface area contributed by atoms with Gasteiger partial charge in [-0.05, 0) is 39.2 Å². The molecule has 22 heavy (non-hydrogen) atoms. The number of halogens is 4. The summed E-state index contributed by atoms with van der Waals surface area (Å²) in [5, 5.41) is 6.32. The molecule has 0 saturated carbocycles. The molecule has 0 radical (unpaired) electrons. The predicted octanol–water partition coefficient (Wildman–Crippen LogP) is 1.94. The predicted molar refractivity (Wildman–Crippen MR) is 81.1 cm³/mol. The lowest BCUT2D eigenvalue weighted by atomic mass is 9.92. The van der Waals surface area contributed by atoms with Crippen LogP contribution in [0.5, 0.6) is 0 Å². The van der Waals surface area contributed by atoms with Crippen LogP contribution in [-0.4, -0.2) is 55.2 Å². The number of amides is 1. The maximum Gasteiger partial charge on any atom is 0.401 e. The summed E-state index contributed by atoms with van der Waals surface area (Å²) in [4.78, 5) is 13.6. The van der Waals surface area contributed by atoms with Crippen LogP contribution >= 0.6 is 12.4 Å². The van der Waals surface area contributed by atoms with Crippen molar-refractivity contribution in [3.63, 3.8) is 0 Å². The molecule has 0 unspecified atom stereocenters. The Morgan fingerprint density at radius 3 is 2.45 bits per heavy atom. The SMILES string of the molecule is C[C@H]1C[C@@H](C(=O)NC2CCN(CC(F)(F)F)CC2)CCN1.Cl. The second-order valence-electron chi connectivity index (χ2n) is 6.25. The van der Waals surface area contributed by atoms with Crippen molar-refractivity contribution in [3.05, 3.63) is 0 Å². The summed E-state index contributed by atoms with van der Waals surface area (Å²) in [6.45, 7) is 2.86. The van der Waals surface area contributed by atoms with Crippen LogP contribution < -0.4 is 10.6 Å². The first-order valence-electron chi connectivity index (χ1n) is 7.66. The number of hydrogen-bond acceptors (Lipinski definition) is 3. The van der Waals surface area contributed by atoms with E-state index in [4.69, 9.17) is 0 Å². The number of likely N-dealkylation sites (tertiary alicyclic amines) is 1. The molecule has 0 aromatic carbocycles. The molecule has 0 aromatic rings. The molecule has 2 fully saturated rings. The fraction of sp³-hybridized carbons (Fsp3) is 0.929. The Balaban J connectivity index is 0.00000242. The first-order valence-corrected chi connectivity index (χ1v) is 7.66. The van der Waals surface area contributed by atoms with E-state index in [2.05, 4.69) is 17.6 Å². The summed E-state index contributed by atoms with van der Waals surface area (Å²) in [5.41, 5.74) is 0. The maximum atomic E-state index is 12.3. The van der Waals surface area contributed by atoms with Crippen LogP contribution in [0, 0.1) is 5.92 Å². The zero-order chi connectivity index (χ0) is 15.5. The summed E-state index contributed by atoms with van der Waals surface area (Å²) < 4.78 is 36.9. The van der Waals surface area contributed by atoms with Gasteiger partial charge in [0.05, 0.1) is 6.54 Å². The fourth-order valence-corrected chi connectivity index (χ4v) is 3.18. The zero-order valence-corrected chi connectivity index (χ0v) is 13.6. The van der Waals surface area contributed by atoms with Gasteiger partial charge < -0.3 is 10.6 Å². The van der Waals surface area contributed by atoms with Crippen molar-refractivity contribution >= 4 is 18.3 Å². The van der Waals surface area contributed by atoms with Gasteiger partial charge in [-0.15, -0.1) is 12.4 Å². The van der Waals surface area contributed by atoms with Crippen LogP contribution in [0.3, 0.4) is 0 Å². The van der Waals surface area contributed by atoms with E-state index < -0.39 is 12.7 Å². The summed E-state index contributed by atoms with van der Waals surface area (Å²) in [6, 6.07) is 0.371. The van der Waals surface area contributed by atoms with E-state index in [-0.39, 0.29) is 30.3 Å². The molecular weight excluding hydrogens is 319 g/mol. The van der Waals surface area contributed by atoms with Crippen LogP contribution in [0.25, 0.3) is 0 Å². The minimum absolute atomic E-state index is 0. The molecule has 2 aliphatic heterocycles. The maximum absolute atomic E-state index is 12.3. The molecule has 2 atom stereocenters. The molecule has 0 bridgehead atoms. The highest BCUT2D eigenvalue weighted by molar-refractivity contribution is 5.85. The van der Waals surface area contributed by atoms with E-state index in [9.17, 15) is 18.0 Å². The van der Waals surface area contributed by atoms with Gasteiger partial charge in [0.1, 0.15) is 0 Å². The van der Waals surface area contributed by atoms with Crippen LogP contribution in [-0.2, 0) is 4.79 Å². The third-order valence-corrected chi connectivity index (χ3v) is 4.33. The van der Waals surface area contributed by atoms with Gasteiger partial charge in [-0.2, -0.15) is 13.2 Å². The third-order valence-electron chi connectivity index (χ3n) is 4.33. The van der Waals surface area contributed by atoms with Crippen LogP contribution in [0.4, 0.5) is 13.2 Å². The zero-order valence-electron chi connectivity index (χ0n) is 12.8. The van der Waals surface area contributed by atoms with E-state index in [1.165, 1.54) is 4.90 Å². The minimum atomic E-state index is -4.14. The molecule has 0 aromatic heterocycles. The number of rotatable bonds is 3. The molecule has 8 heteroatoms. The molecule has 2 N–H and O–H groups in total. The highest BCUT2D eigenvalue weighted by atomic mass is 35.5. The lowest BCUT2D eigenvalue weighted by Crippen LogP contribution is -2.49. The second kappa shape index (κ2) is 8.36. The highest BCUT2D eigenvalue weighted by Crippen LogP contribution is 2.21. The Bertz CT molecular complexity index is 360. The van der Waals surface area contributed by atoms with E-state index in [0.717, 1.165) is 19.4 Å². The Morgan fingerprint density at radius 2 is 1.91 bits per heavy atom. The Kier molecular flexibility index (Phi) is 7.41. The van der Waals surface area contributed by atoms with Crippen LogP contribution in [0.15, 0.2) is 0 Å². The van der Waals surface area contributed by atoms with Gasteiger partial charge in [0.2, 0.25) is 5.91 Å². The normalized spacial score (nSPS) is 28.0. The standard InChI is InChI=1S/C14H24F3N3O.ClH/c1-10-8-11(2-5-18-10)13(21)19-12-3-6-20(7-4-12)9-14(15,16)17;/h10-12,18H,2-9H2,1H3,(H,19,21);1H/t10-,11-;/m0./s1. The summed E-state index contributed by atoms with van der Waals surface area (Å²) in [6.07, 6.45) is -1.27. The van der Waals surface area contributed by atoms with Crippen molar-refractivity contribution in [2.75, 3.05) is 26.2 Å². The average Bonchev–Trinajstić information content (AvgIpc) is 2.39. The largest absolute Gasteiger partial charge is 0.401 e. The molecule has 2 aliphatic rings. The summed E-state index contributed by atoms with van der Waals surface area (Å²) in [7, 11) is 0. The number of carbonyl (C=O) groups excluding carboxylic acids is 1. The van der Waals surface area contributed by atoms with Gasteiger partial charge in [0.15, 0.2) is 0 Å². The van der Waals surface area contributed by atoms with Crippen molar-refractivity contribution in [1.82, 2.24) is 15.5 Å². The number of alkyl halides is 3. The smallest absolute Gasteiger partial charge is 0.353 e. The fourth-order valence-electron chi connectivity index (χ4n) is 3.18. The van der Waals surface area contributed by atoms with Crippen molar-refractivity contribution in [3.8, 4) is 0 Å². The molecule has 0 spiro atoms. The molecule has 2 rings (SSSR count). The van der Waals surface area contributed by atoms with Gasteiger partial charge in [0, 0.05) is 31.1 Å². The summed E-state index contributed by atoms with van der Waals surface area (Å²) in [5.74, 6) is 0.104. The van der Waals surface area contributed by atoms with Crippen molar-refractivity contribution in [2.45, 2.75) is 50.9 Å². The minimum Gasteiger partial charge on any atom is -0.353 e. The molecule has 4 nitrogen and oxygen atoms in total. The van der Waals surface area contributed by atoms with Crippen molar-refractivity contribution in [2.24, 2.45) is 5.92 Å². The quantitative estimate of drug-likeness (QED) is 0.823. The van der Waals surface area contributed by atoms with Gasteiger partial charge in [0.25, 0.3) is 0 Å². The Morgan fingerprint density at radius 1 is 1.27 bits per heavy atom. The third kappa shape index (κ3) is 6.30. The molecule has 2 saturated heterocycles. The molecule has 2 heterocycles. The Hall–Kier alpha value is -0.530. The molecule has 130 valence electrons. The summed E-state index contributed by atoms with van der Waals surface area (Å²) >= 11 is 0. The van der Waals surface area contributed by atoms with E-state index in [1.54, 1.807) is 0 Å². The lowest BCUT2D eigenvalue weighted by Gasteiger charge is -2.34. The van der Waals surface area contributed by atoms with E-state index in [0.29, 0.717) is 32.0 Å². The monoisotopic (exact) mass is 343 g/mol. The van der Waals surface area contributed by atoms with Crippen molar-refractivity contribution in [1.29, 1.82) is 0 Å². The van der Waals surface area contributed by atoms with Crippen LogP contribution in [0.2, 0.25) is 0 Å². The van der Waals surface area contributed by atoms with Gasteiger partial charge in [-0.25, -0.2) is 0 Å². The van der Waals surface area contributed by atoms with Crippen LogP contribution in [0.1, 0.15) is 32.6 Å². The van der Waals surface area contributed by atoms with Gasteiger partial charge in [-0.3, -0.25) is 9.69 Å². The highest BCUT2D eigenvalue weighted by Gasteiger charge is 2.33. The topological polar surface area (TPSA) is 44.4 Å². The van der Waals surface area contributed by atoms with E-state index in [1.807, 2.05) is 0 Å². The molecule has 1 amide bonds. The lowest BCUT2D eigenvalue weighted by molar-refractivity contribution is -0.148. The molecular formula is C14H25ClF3N3O. The first-order chi connectivity index (χ1) is 9.83. The number of hydrogen-bond donors (Lipinski definition) is 2. The average molecular weight is 344 g/mol. The number of nitrogens with one attached hydrogen (secondary N) is 2. The Labute approximate surface area is 135 Å². The molecule has 0 aliphatic carbocycles. The second-order valence-corrected chi connectivity index (χ2v) is 6.25. The number of nitrogens with zero attached hydrogens (tertiary/aromatic N) is 1. The number of carbonyl (C=O) groups is 1. The number of piperidine rings is 2. The van der Waals surface area contributed by atoms with Crippen molar-refractivity contribution < 1.29 is 18.0 Å². The van der Waals surface area contributed by atoms with E-state index >= 15 is 0 Å². The first kappa shape index (κ1) is 19.5. The van der Waals surface area contributed by atoms with Gasteiger partial charge >= 0.3 is 6.18 Å². The van der Waals surface area contributed by atoms with Gasteiger partial charge in [-0.1, -0.05) is 0 Å².